The average Bonchev–Trinajstić information content (AvgIpc) is 3.05. The van der Waals surface area contributed by atoms with Crippen LogP contribution in [-0.4, -0.2) is 15.2 Å². The van der Waals surface area contributed by atoms with Crippen molar-refractivity contribution in [3.05, 3.63) is 101 Å². The van der Waals surface area contributed by atoms with E-state index in [0.717, 1.165) is 22.6 Å². The number of carbonyl (C=O) groups is 1. The number of ketones is 1. The highest BCUT2D eigenvalue weighted by atomic mass is 35.5. The van der Waals surface area contributed by atoms with E-state index in [2.05, 4.69) is 4.98 Å². The molecule has 0 bridgehead atoms. The molecule has 0 aliphatic rings. The first-order chi connectivity index (χ1) is 13.1. The van der Waals surface area contributed by atoms with Crippen LogP contribution < -0.4 is 0 Å². The summed E-state index contributed by atoms with van der Waals surface area (Å²) in [6, 6.07) is 18.7. The molecule has 27 heavy (non-hydrogen) atoms. The fourth-order valence-corrected chi connectivity index (χ4v) is 3.01. The van der Waals surface area contributed by atoms with Gasteiger partial charge in [0.15, 0.2) is 5.78 Å². The summed E-state index contributed by atoms with van der Waals surface area (Å²) in [5.74, 6) is -0.714. The summed E-state index contributed by atoms with van der Waals surface area (Å²) in [6.07, 6.45) is 5.02. The average molecular weight is 377 g/mol. The van der Waals surface area contributed by atoms with Crippen molar-refractivity contribution in [2.24, 2.45) is 0 Å². The molecule has 4 aromatic rings. The van der Waals surface area contributed by atoms with E-state index >= 15 is 0 Å². The SMILES string of the molecule is O=C(/C=C/c1c(-c2ccc(Cl)cc2)nc2ccccn12)c1cccc(F)c1. The van der Waals surface area contributed by atoms with E-state index in [1.807, 2.05) is 40.9 Å². The van der Waals surface area contributed by atoms with Crippen molar-refractivity contribution in [1.29, 1.82) is 0 Å². The van der Waals surface area contributed by atoms with Crippen molar-refractivity contribution in [2.75, 3.05) is 0 Å². The van der Waals surface area contributed by atoms with Crippen LogP contribution >= 0.6 is 11.6 Å². The maximum atomic E-state index is 13.4. The number of fused-ring (bicyclic) bond motifs is 1. The second-order valence-corrected chi connectivity index (χ2v) is 6.43. The number of nitrogens with zero attached hydrogens (tertiary/aromatic N) is 2. The zero-order chi connectivity index (χ0) is 18.8. The number of carbonyl (C=O) groups excluding carboxylic acids is 1. The van der Waals surface area contributed by atoms with Crippen LogP contribution in [0.5, 0.6) is 0 Å². The summed E-state index contributed by atoms with van der Waals surface area (Å²) >= 11 is 5.99. The van der Waals surface area contributed by atoms with Crippen LogP contribution in [0, 0.1) is 5.82 Å². The van der Waals surface area contributed by atoms with Gasteiger partial charge in [0.05, 0.1) is 11.4 Å². The second-order valence-electron chi connectivity index (χ2n) is 5.99. The fourth-order valence-electron chi connectivity index (χ4n) is 2.89. The zero-order valence-corrected chi connectivity index (χ0v) is 14.9. The van der Waals surface area contributed by atoms with Crippen LogP contribution in [-0.2, 0) is 0 Å². The second kappa shape index (κ2) is 7.17. The molecule has 2 aromatic heterocycles. The van der Waals surface area contributed by atoms with E-state index in [9.17, 15) is 9.18 Å². The lowest BCUT2D eigenvalue weighted by Gasteiger charge is -2.01. The Hall–Kier alpha value is -3.24. The lowest BCUT2D eigenvalue weighted by Crippen LogP contribution is -1.95. The highest BCUT2D eigenvalue weighted by Crippen LogP contribution is 2.27. The summed E-state index contributed by atoms with van der Waals surface area (Å²) in [7, 11) is 0. The molecule has 4 rings (SSSR count). The van der Waals surface area contributed by atoms with E-state index in [1.54, 1.807) is 24.3 Å². The third-order valence-corrected chi connectivity index (χ3v) is 4.44. The van der Waals surface area contributed by atoms with Gasteiger partial charge in [-0.25, -0.2) is 9.37 Å². The van der Waals surface area contributed by atoms with E-state index in [0.29, 0.717) is 10.6 Å². The molecule has 2 aromatic carbocycles. The predicted octanol–water partition coefficient (Wildman–Crippen LogP) is 5.69. The highest BCUT2D eigenvalue weighted by Gasteiger charge is 2.12. The molecule has 0 atom stereocenters. The molecular weight excluding hydrogens is 363 g/mol. The number of pyridine rings is 1. The number of rotatable bonds is 4. The number of benzene rings is 2. The van der Waals surface area contributed by atoms with Gasteiger partial charge in [0.25, 0.3) is 0 Å². The molecule has 0 radical (unpaired) electrons. The van der Waals surface area contributed by atoms with Crippen LogP contribution in [0.3, 0.4) is 0 Å². The largest absolute Gasteiger partial charge is 0.300 e. The predicted molar refractivity (Wildman–Crippen MR) is 105 cm³/mol. The first kappa shape index (κ1) is 17.2. The van der Waals surface area contributed by atoms with Gasteiger partial charge in [-0.1, -0.05) is 41.9 Å². The van der Waals surface area contributed by atoms with Gasteiger partial charge in [-0.05, 0) is 48.6 Å². The topological polar surface area (TPSA) is 34.4 Å². The Kier molecular flexibility index (Phi) is 4.57. The van der Waals surface area contributed by atoms with Gasteiger partial charge in [-0.15, -0.1) is 0 Å². The molecule has 3 nitrogen and oxygen atoms in total. The number of halogens is 2. The fraction of sp³-hybridized carbons (Fsp3) is 0. The minimum atomic E-state index is -0.439. The number of imidazole rings is 1. The molecular formula is C22H14ClFN2O. The molecule has 0 aliphatic heterocycles. The smallest absolute Gasteiger partial charge is 0.186 e. The molecule has 0 spiro atoms. The molecule has 0 aliphatic carbocycles. The minimum absolute atomic E-state index is 0.276. The summed E-state index contributed by atoms with van der Waals surface area (Å²) in [5, 5.41) is 0.640. The highest BCUT2D eigenvalue weighted by molar-refractivity contribution is 6.30. The first-order valence-electron chi connectivity index (χ1n) is 8.33. The van der Waals surface area contributed by atoms with Crippen molar-refractivity contribution < 1.29 is 9.18 Å². The molecule has 0 unspecified atom stereocenters. The Bertz CT molecular complexity index is 1160. The van der Waals surface area contributed by atoms with Crippen molar-refractivity contribution in [2.45, 2.75) is 0 Å². The summed E-state index contributed by atoms with van der Waals surface area (Å²) in [5.41, 5.74) is 3.45. The molecule has 5 heteroatoms. The lowest BCUT2D eigenvalue weighted by atomic mass is 10.1. The monoisotopic (exact) mass is 376 g/mol. The van der Waals surface area contributed by atoms with Gasteiger partial charge in [0.2, 0.25) is 0 Å². The van der Waals surface area contributed by atoms with Crippen LogP contribution in [0.4, 0.5) is 4.39 Å². The van der Waals surface area contributed by atoms with Gasteiger partial charge < -0.3 is 0 Å². The van der Waals surface area contributed by atoms with E-state index < -0.39 is 5.82 Å². The number of hydrogen-bond donors (Lipinski definition) is 0. The maximum Gasteiger partial charge on any atom is 0.186 e. The third kappa shape index (κ3) is 3.52. The lowest BCUT2D eigenvalue weighted by molar-refractivity contribution is 0.104. The molecule has 0 amide bonds. The van der Waals surface area contributed by atoms with E-state index in [1.165, 1.54) is 24.3 Å². The Labute approximate surface area is 160 Å². The van der Waals surface area contributed by atoms with Gasteiger partial charge >= 0.3 is 0 Å². The van der Waals surface area contributed by atoms with Gasteiger partial charge in [-0.2, -0.15) is 0 Å². The van der Waals surface area contributed by atoms with Crippen molar-refractivity contribution >= 4 is 29.1 Å². The minimum Gasteiger partial charge on any atom is -0.300 e. The summed E-state index contributed by atoms with van der Waals surface area (Å²) < 4.78 is 15.3. The number of hydrogen-bond acceptors (Lipinski definition) is 2. The van der Waals surface area contributed by atoms with Gasteiger partial charge in [0, 0.05) is 22.3 Å². The zero-order valence-electron chi connectivity index (χ0n) is 14.1. The molecule has 0 saturated carbocycles. The van der Waals surface area contributed by atoms with Crippen molar-refractivity contribution in [1.82, 2.24) is 9.38 Å². The standard InChI is InChI=1S/C22H14ClFN2O/c23-17-9-7-15(8-10-17)22-19(26-13-2-1-6-21(26)25-22)11-12-20(27)16-4-3-5-18(24)14-16/h1-14H/b12-11+. The van der Waals surface area contributed by atoms with Crippen molar-refractivity contribution in [3.63, 3.8) is 0 Å². The molecule has 0 N–H and O–H groups in total. The quantitative estimate of drug-likeness (QED) is 0.338. The summed E-state index contributed by atoms with van der Waals surface area (Å²) in [6.45, 7) is 0. The number of allylic oxidation sites excluding steroid dienone is 1. The summed E-state index contributed by atoms with van der Waals surface area (Å²) in [4.78, 5) is 17.1. The Morgan fingerprint density at radius 2 is 1.85 bits per heavy atom. The van der Waals surface area contributed by atoms with Crippen LogP contribution in [0.1, 0.15) is 16.1 Å². The van der Waals surface area contributed by atoms with E-state index in [-0.39, 0.29) is 5.78 Å². The van der Waals surface area contributed by atoms with Crippen LogP contribution in [0.25, 0.3) is 23.0 Å². The van der Waals surface area contributed by atoms with Crippen molar-refractivity contribution in [3.8, 4) is 11.3 Å². The Morgan fingerprint density at radius 3 is 2.63 bits per heavy atom. The molecule has 0 fully saturated rings. The molecule has 132 valence electrons. The van der Waals surface area contributed by atoms with Crippen LogP contribution in [0.15, 0.2) is 79.0 Å². The first-order valence-corrected chi connectivity index (χ1v) is 8.70. The van der Waals surface area contributed by atoms with E-state index in [4.69, 9.17) is 11.6 Å². The molecule has 2 heterocycles. The maximum absolute atomic E-state index is 13.4. The molecule has 0 saturated heterocycles. The van der Waals surface area contributed by atoms with Crippen LogP contribution in [0.2, 0.25) is 5.02 Å². The Morgan fingerprint density at radius 1 is 1.04 bits per heavy atom. The Balaban J connectivity index is 1.79. The van der Waals surface area contributed by atoms with Gasteiger partial charge in [0.1, 0.15) is 11.5 Å². The third-order valence-electron chi connectivity index (χ3n) is 4.19. The number of aromatic nitrogens is 2. The van der Waals surface area contributed by atoms with Gasteiger partial charge in [-0.3, -0.25) is 9.20 Å². The normalized spacial score (nSPS) is 11.3.